The molecule has 3 aromatic rings. The molecule has 4 rings (SSSR count). The maximum absolute atomic E-state index is 5.37. The minimum Gasteiger partial charge on any atom is -0.341 e. The second kappa shape index (κ2) is 7.72. The lowest BCUT2D eigenvalue weighted by atomic mass is 10.2. The third kappa shape index (κ3) is 3.85. The molecule has 1 saturated heterocycles. The van der Waals surface area contributed by atoms with Crippen molar-refractivity contribution < 1.29 is 4.52 Å². The lowest BCUT2D eigenvalue weighted by Gasteiger charge is -2.18. The second-order valence-electron chi connectivity index (χ2n) is 7.14. The van der Waals surface area contributed by atoms with Crippen molar-refractivity contribution in [2.45, 2.75) is 50.4 Å². The first-order chi connectivity index (χ1) is 13.1. The number of anilines is 1. The van der Waals surface area contributed by atoms with Crippen LogP contribution in [0, 0.1) is 6.92 Å². The van der Waals surface area contributed by atoms with Gasteiger partial charge in [-0.3, -0.25) is 4.57 Å². The molecule has 0 aliphatic carbocycles. The average molecular weight is 385 g/mol. The topological polar surface area (TPSA) is 72.9 Å². The van der Waals surface area contributed by atoms with Gasteiger partial charge in [-0.1, -0.05) is 48.5 Å². The molecular weight excluding hydrogens is 360 g/mol. The summed E-state index contributed by atoms with van der Waals surface area (Å²) in [5, 5.41) is 13.8. The van der Waals surface area contributed by atoms with Gasteiger partial charge in [0.05, 0.1) is 11.4 Å². The van der Waals surface area contributed by atoms with Crippen LogP contribution in [0.15, 0.2) is 33.9 Å². The minimum atomic E-state index is 0.255. The first kappa shape index (κ1) is 18.0. The van der Waals surface area contributed by atoms with E-state index in [1.807, 2.05) is 0 Å². The van der Waals surface area contributed by atoms with Crippen LogP contribution in [-0.2, 0) is 5.75 Å². The second-order valence-corrected chi connectivity index (χ2v) is 8.08. The molecule has 2 aromatic heterocycles. The van der Waals surface area contributed by atoms with E-state index in [-0.39, 0.29) is 5.92 Å². The monoisotopic (exact) mass is 384 g/mol. The number of benzene rings is 1. The third-order valence-corrected chi connectivity index (χ3v) is 5.54. The summed E-state index contributed by atoms with van der Waals surface area (Å²) in [6, 6.07) is 8.46. The molecular formula is C19H24N6OS. The van der Waals surface area contributed by atoms with E-state index in [1.165, 1.54) is 18.4 Å². The van der Waals surface area contributed by atoms with Crippen molar-refractivity contribution in [3.05, 3.63) is 41.5 Å². The molecule has 1 aromatic carbocycles. The summed E-state index contributed by atoms with van der Waals surface area (Å²) in [4.78, 5) is 6.76. The summed E-state index contributed by atoms with van der Waals surface area (Å²) in [5.41, 5.74) is 2.30. The molecule has 0 unspecified atom stereocenters. The highest BCUT2D eigenvalue weighted by Crippen LogP contribution is 2.30. The summed E-state index contributed by atoms with van der Waals surface area (Å²) < 4.78 is 7.50. The zero-order chi connectivity index (χ0) is 18.8. The van der Waals surface area contributed by atoms with Gasteiger partial charge in [-0.2, -0.15) is 4.98 Å². The van der Waals surface area contributed by atoms with E-state index in [1.54, 1.807) is 11.8 Å². The predicted octanol–water partition coefficient (Wildman–Crippen LogP) is 3.97. The Kier molecular flexibility index (Phi) is 5.15. The summed E-state index contributed by atoms with van der Waals surface area (Å²) in [6.45, 7) is 8.25. The summed E-state index contributed by atoms with van der Waals surface area (Å²) in [5.74, 6) is 3.09. The van der Waals surface area contributed by atoms with E-state index in [0.717, 1.165) is 35.7 Å². The highest BCUT2D eigenvalue weighted by molar-refractivity contribution is 7.98. The summed E-state index contributed by atoms with van der Waals surface area (Å²) in [7, 11) is 0. The summed E-state index contributed by atoms with van der Waals surface area (Å²) >= 11 is 1.57. The van der Waals surface area contributed by atoms with E-state index >= 15 is 0 Å². The molecule has 1 aliphatic rings. The zero-order valence-corrected chi connectivity index (χ0v) is 16.7. The van der Waals surface area contributed by atoms with Crippen LogP contribution >= 0.6 is 11.8 Å². The Balaban J connectivity index is 1.62. The number of aryl methyl sites for hydroxylation is 1. The Morgan fingerprint density at radius 1 is 1.11 bits per heavy atom. The smallest absolute Gasteiger partial charge is 0.237 e. The molecule has 142 valence electrons. The zero-order valence-electron chi connectivity index (χ0n) is 15.9. The molecule has 1 aliphatic heterocycles. The van der Waals surface area contributed by atoms with Gasteiger partial charge in [0.15, 0.2) is 11.0 Å². The van der Waals surface area contributed by atoms with E-state index < -0.39 is 0 Å². The van der Waals surface area contributed by atoms with Crippen molar-refractivity contribution in [2.75, 3.05) is 18.0 Å². The summed E-state index contributed by atoms with van der Waals surface area (Å²) in [6.07, 6.45) is 2.40. The molecule has 0 spiro atoms. The standard InChI is InChI=1S/C19H24N6OS/c1-13(2)17-20-16(26-23-17)12-27-19-22-21-18(24-10-4-5-11-24)25(19)15-8-6-14(3)7-9-15/h6-9,13H,4-5,10-12H2,1-3H3. The molecule has 27 heavy (non-hydrogen) atoms. The van der Waals surface area contributed by atoms with E-state index in [0.29, 0.717) is 11.6 Å². The fourth-order valence-electron chi connectivity index (χ4n) is 3.08. The van der Waals surface area contributed by atoms with Gasteiger partial charge in [0.25, 0.3) is 0 Å². The number of hydrogen-bond acceptors (Lipinski definition) is 7. The number of thioether (sulfide) groups is 1. The van der Waals surface area contributed by atoms with Crippen molar-refractivity contribution >= 4 is 17.7 Å². The minimum absolute atomic E-state index is 0.255. The molecule has 0 saturated carbocycles. The average Bonchev–Trinajstić information content (AvgIpc) is 3.40. The molecule has 0 radical (unpaired) electrons. The molecule has 7 nitrogen and oxygen atoms in total. The van der Waals surface area contributed by atoms with Crippen molar-refractivity contribution in [3.63, 3.8) is 0 Å². The van der Waals surface area contributed by atoms with Gasteiger partial charge in [-0.05, 0) is 31.9 Å². The van der Waals surface area contributed by atoms with Crippen molar-refractivity contribution in [3.8, 4) is 5.69 Å². The first-order valence-corrected chi connectivity index (χ1v) is 10.3. The van der Waals surface area contributed by atoms with Crippen LogP contribution in [0.4, 0.5) is 5.95 Å². The molecule has 3 heterocycles. The maximum Gasteiger partial charge on any atom is 0.237 e. The Morgan fingerprint density at radius 2 is 1.85 bits per heavy atom. The fraction of sp³-hybridized carbons (Fsp3) is 0.474. The van der Waals surface area contributed by atoms with Crippen LogP contribution in [0.3, 0.4) is 0 Å². The van der Waals surface area contributed by atoms with Gasteiger partial charge < -0.3 is 9.42 Å². The SMILES string of the molecule is Cc1ccc(-n2c(SCc3nc(C(C)C)no3)nnc2N2CCCC2)cc1. The Bertz CT molecular complexity index is 895. The molecule has 0 N–H and O–H groups in total. The highest BCUT2D eigenvalue weighted by Gasteiger charge is 2.23. The van der Waals surface area contributed by atoms with Crippen LogP contribution < -0.4 is 4.90 Å². The van der Waals surface area contributed by atoms with Gasteiger partial charge in [-0.25, -0.2) is 0 Å². The molecule has 0 atom stereocenters. The largest absolute Gasteiger partial charge is 0.341 e. The van der Waals surface area contributed by atoms with Crippen LogP contribution in [0.25, 0.3) is 5.69 Å². The van der Waals surface area contributed by atoms with Gasteiger partial charge >= 0.3 is 0 Å². The first-order valence-electron chi connectivity index (χ1n) is 9.34. The van der Waals surface area contributed by atoms with Crippen molar-refractivity contribution in [2.24, 2.45) is 0 Å². The maximum atomic E-state index is 5.37. The molecule has 8 heteroatoms. The van der Waals surface area contributed by atoms with Gasteiger partial charge in [-0.15, -0.1) is 10.2 Å². The van der Waals surface area contributed by atoms with Crippen LogP contribution in [0.5, 0.6) is 0 Å². The highest BCUT2D eigenvalue weighted by atomic mass is 32.2. The molecule has 0 bridgehead atoms. The van der Waals surface area contributed by atoms with Gasteiger partial charge in [0.2, 0.25) is 11.8 Å². The normalized spacial score (nSPS) is 14.4. The van der Waals surface area contributed by atoms with Crippen LogP contribution in [0.2, 0.25) is 0 Å². The Morgan fingerprint density at radius 3 is 2.52 bits per heavy atom. The van der Waals surface area contributed by atoms with E-state index in [9.17, 15) is 0 Å². The van der Waals surface area contributed by atoms with Crippen LogP contribution in [0.1, 0.15) is 49.9 Å². The number of hydrogen-bond donors (Lipinski definition) is 0. The van der Waals surface area contributed by atoms with Crippen LogP contribution in [-0.4, -0.2) is 38.0 Å². The Hall–Kier alpha value is -2.35. The van der Waals surface area contributed by atoms with E-state index in [2.05, 4.69) is 74.8 Å². The lowest BCUT2D eigenvalue weighted by molar-refractivity contribution is 0.382. The van der Waals surface area contributed by atoms with Crippen molar-refractivity contribution in [1.82, 2.24) is 24.9 Å². The Labute approximate surface area is 163 Å². The molecule has 1 fully saturated rings. The fourth-order valence-corrected chi connectivity index (χ4v) is 3.87. The third-order valence-electron chi connectivity index (χ3n) is 4.62. The molecule has 0 amide bonds. The van der Waals surface area contributed by atoms with Crippen molar-refractivity contribution in [1.29, 1.82) is 0 Å². The van der Waals surface area contributed by atoms with Gasteiger partial charge in [0, 0.05) is 19.0 Å². The number of aromatic nitrogens is 5. The lowest BCUT2D eigenvalue weighted by Crippen LogP contribution is -2.22. The number of rotatable bonds is 6. The predicted molar refractivity (Wildman–Crippen MR) is 105 cm³/mol. The van der Waals surface area contributed by atoms with Gasteiger partial charge in [0.1, 0.15) is 0 Å². The van der Waals surface area contributed by atoms with E-state index in [4.69, 9.17) is 4.52 Å². The number of nitrogens with zero attached hydrogens (tertiary/aromatic N) is 6. The quantitative estimate of drug-likeness (QED) is 0.595.